The van der Waals surface area contributed by atoms with Crippen LogP contribution >= 0.6 is 45.2 Å². The molecular weight excluding hydrogens is 466 g/mol. The largest absolute Gasteiger partial charge is 0.416 e. The second kappa shape index (κ2) is 5.58. The van der Waals surface area contributed by atoms with Gasteiger partial charge in [-0.15, -0.1) is 10.2 Å². The van der Waals surface area contributed by atoms with Crippen molar-refractivity contribution in [1.82, 2.24) is 10.2 Å². The second-order valence-electron chi connectivity index (χ2n) is 3.93. The molecule has 0 unspecified atom stereocenters. The van der Waals surface area contributed by atoms with Gasteiger partial charge in [0.1, 0.15) is 0 Å². The summed E-state index contributed by atoms with van der Waals surface area (Å²) in [7, 11) is 0. The van der Waals surface area contributed by atoms with E-state index < -0.39 is 0 Å². The fraction of sp³-hybridized carbons (Fsp3) is 0. The van der Waals surface area contributed by atoms with Crippen LogP contribution in [0.15, 0.2) is 52.9 Å². The van der Waals surface area contributed by atoms with Crippen LogP contribution in [0.25, 0.3) is 22.9 Å². The van der Waals surface area contributed by atoms with Crippen LogP contribution in [0.3, 0.4) is 0 Å². The topological polar surface area (TPSA) is 38.9 Å². The van der Waals surface area contributed by atoms with E-state index in [1.54, 1.807) is 0 Å². The molecule has 0 saturated carbocycles. The summed E-state index contributed by atoms with van der Waals surface area (Å²) in [6.45, 7) is 0. The van der Waals surface area contributed by atoms with Gasteiger partial charge >= 0.3 is 0 Å². The van der Waals surface area contributed by atoms with Gasteiger partial charge in [0.05, 0.1) is 0 Å². The van der Waals surface area contributed by atoms with Gasteiger partial charge in [-0.25, -0.2) is 0 Å². The van der Waals surface area contributed by atoms with Crippen LogP contribution in [-0.4, -0.2) is 10.2 Å². The van der Waals surface area contributed by atoms with Crippen molar-refractivity contribution in [1.29, 1.82) is 0 Å². The Kier molecular flexibility index (Phi) is 3.83. The van der Waals surface area contributed by atoms with E-state index in [0.717, 1.165) is 11.1 Å². The number of aromatic nitrogens is 2. The van der Waals surface area contributed by atoms with Crippen LogP contribution in [-0.2, 0) is 0 Å². The van der Waals surface area contributed by atoms with Crippen LogP contribution in [0, 0.1) is 7.14 Å². The van der Waals surface area contributed by atoms with Gasteiger partial charge in [-0.2, -0.15) is 0 Å². The maximum Gasteiger partial charge on any atom is 0.248 e. The van der Waals surface area contributed by atoms with Crippen molar-refractivity contribution in [3.8, 4) is 22.9 Å². The van der Waals surface area contributed by atoms with Crippen molar-refractivity contribution >= 4 is 45.2 Å². The summed E-state index contributed by atoms with van der Waals surface area (Å²) in [5.41, 5.74) is 1.87. The highest BCUT2D eigenvalue weighted by Gasteiger charge is 2.10. The first kappa shape index (κ1) is 13.0. The minimum Gasteiger partial charge on any atom is -0.416 e. The molecule has 1 heterocycles. The molecule has 0 spiro atoms. The smallest absolute Gasteiger partial charge is 0.248 e. The van der Waals surface area contributed by atoms with Crippen LogP contribution in [0.2, 0.25) is 0 Å². The second-order valence-corrected chi connectivity index (χ2v) is 6.42. The Morgan fingerprint density at radius 2 is 1.00 bits per heavy atom. The van der Waals surface area contributed by atoms with E-state index in [1.807, 2.05) is 48.5 Å². The number of hydrogen-bond donors (Lipinski definition) is 0. The summed E-state index contributed by atoms with van der Waals surface area (Å²) in [4.78, 5) is 0. The summed E-state index contributed by atoms with van der Waals surface area (Å²) in [6, 6.07) is 16.0. The standard InChI is InChI=1S/C14H8I2N2O/c15-11-5-1-9(2-6-11)13-17-18-14(19-13)10-3-7-12(16)8-4-10/h1-8H. The Morgan fingerprint density at radius 1 is 0.632 bits per heavy atom. The lowest BCUT2D eigenvalue weighted by atomic mass is 10.2. The van der Waals surface area contributed by atoms with Gasteiger partial charge < -0.3 is 4.42 Å². The molecule has 3 aromatic rings. The summed E-state index contributed by atoms with van der Waals surface area (Å²) in [6.07, 6.45) is 0. The molecule has 0 saturated heterocycles. The Hall–Kier alpha value is -0.960. The van der Waals surface area contributed by atoms with Crippen LogP contribution in [0.5, 0.6) is 0 Å². The first-order chi connectivity index (χ1) is 9.22. The normalized spacial score (nSPS) is 10.6. The average molecular weight is 474 g/mol. The first-order valence-electron chi connectivity index (χ1n) is 5.58. The molecule has 3 rings (SSSR count). The molecular formula is C14H8I2N2O. The lowest BCUT2D eigenvalue weighted by molar-refractivity contribution is 0.584. The molecule has 1 aromatic heterocycles. The average Bonchev–Trinajstić information content (AvgIpc) is 2.90. The molecule has 19 heavy (non-hydrogen) atoms. The number of hydrogen-bond acceptors (Lipinski definition) is 3. The predicted molar refractivity (Wildman–Crippen MR) is 90.6 cm³/mol. The third-order valence-corrected chi connectivity index (χ3v) is 4.05. The quantitative estimate of drug-likeness (QED) is 0.510. The van der Waals surface area contributed by atoms with E-state index in [0.29, 0.717) is 11.8 Å². The maximum atomic E-state index is 5.71. The summed E-state index contributed by atoms with van der Waals surface area (Å²) < 4.78 is 8.07. The van der Waals surface area contributed by atoms with E-state index in [9.17, 15) is 0 Å². The molecule has 0 amide bonds. The molecule has 3 nitrogen and oxygen atoms in total. The molecule has 0 aliphatic rings. The van der Waals surface area contributed by atoms with E-state index in [4.69, 9.17) is 4.42 Å². The number of rotatable bonds is 2. The minimum atomic E-state index is 0.546. The minimum absolute atomic E-state index is 0.546. The predicted octanol–water partition coefficient (Wildman–Crippen LogP) is 4.61. The molecule has 2 aromatic carbocycles. The molecule has 0 bridgehead atoms. The zero-order chi connectivity index (χ0) is 13.2. The SMILES string of the molecule is Ic1ccc(-c2nnc(-c3ccc(I)cc3)o2)cc1. The van der Waals surface area contributed by atoms with E-state index in [-0.39, 0.29) is 0 Å². The Bertz CT molecular complexity index is 630. The highest BCUT2D eigenvalue weighted by Crippen LogP contribution is 2.24. The van der Waals surface area contributed by atoms with E-state index in [2.05, 4.69) is 55.4 Å². The fourth-order valence-corrected chi connectivity index (χ4v) is 2.36. The van der Waals surface area contributed by atoms with Crippen LogP contribution in [0.1, 0.15) is 0 Å². The zero-order valence-corrected chi connectivity index (χ0v) is 14.0. The third kappa shape index (κ3) is 2.97. The zero-order valence-electron chi connectivity index (χ0n) is 9.68. The van der Waals surface area contributed by atoms with Crippen molar-refractivity contribution in [2.24, 2.45) is 0 Å². The van der Waals surface area contributed by atoms with Crippen molar-refractivity contribution in [3.63, 3.8) is 0 Å². The molecule has 0 N–H and O–H groups in total. The van der Waals surface area contributed by atoms with Crippen molar-refractivity contribution < 1.29 is 4.42 Å². The summed E-state index contributed by atoms with van der Waals surface area (Å²) in [5.74, 6) is 1.09. The molecule has 0 aliphatic heterocycles. The number of nitrogens with zero attached hydrogens (tertiary/aromatic N) is 2. The Balaban J connectivity index is 1.95. The Morgan fingerprint density at radius 3 is 1.37 bits per heavy atom. The van der Waals surface area contributed by atoms with Crippen LogP contribution < -0.4 is 0 Å². The van der Waals surface area contributed by atoms with Gasteiger partial charge in [0.25, 0.3) is 0 Å². The van der Waals surface area contributed by atoms with Gasteiger partial charge in [-0.05, 0) is 93.7 Å². The maximum absolute atomic E-state index is 5.71. The van der Waals surface area contributed by atoms with Crippen molar-refractivity contribution in [2.45, 2.75) is 0 Å². The van der Waals surface area contributed by atoms with Gasteiger partial charge in [-0.1, -0.05) is 0 Å². The number of benzene rings is 2. The molecule has 0 fully saturated rings. The summed E-state index contributed by atoms with van der Waals surface area (Å²) in [5, 5.41) is 8.19. The highest BCUT2D eigenvalue weighted by molar-refractivity contribution is 14.1. The molecule has 94 valence electrons. The number of halogens is 2. The lowest BCUT2D eigenvalue weighted by Crippen LogP contribution is -1.78. The molecule has 0 atom stereocenters. The molecule has 0 aliphatic carbocycles. The highest BCUT2D eigenvalue weighted by atomic mass is 127. The van der Waals surface area contributed by atoms with Gasteiger partial charge in [0.15, 0.2) is 0 Å². The first-order valence-corrected chi connectivity index (χ1v) is 7.73. The molecule has 0 radical (unpaired) electrons. The van der Waals surface area contributed by atoms with Crippen molar-refractivity contribution in [2.75, 3.05) is 0 Å². The van der Waals surface area contributed by atoms with Gasteiger partial charge in [0, 0.05) is 18.3 Å². The third-order valence-electron chi connectivity index (χ3n) is 2.61. The summed E-state index contributed by atoms with van der Waals surface area (Å²) >= 11 is 4.53. The monoisotopic (exact) mass is 474 g/mol. The van der Waals surface area contributed by atoms with Gasteiger partial charge in [-0.3, -0.25) is 0 Å². The Labute approximate surface area is 137 Å². The van der Waals surface area contributed by atoms with Crippen LogP contribution in [0.4, 0.5) is 0 Å². The molecule has 5 heteroatoms. The lowest BCUT2D eigenvalue weighted by Gasteiger charge is -1.96. The van der Waals surface area contributed by atoms with Gasteiger partial charge in [0.2, 0.25) is 11.8 Å². The van der Waals surface area contributed by atoms with Crippen molar-refractivity contribution in [3.05, 3.63) is 55.7 Å². The fourth-order valence-electron chi connectivity index (χ4n) is 1.64. The van der Waals surface area contributed by atoms with E-state index >= 15 is 0 Å². The van der Waals surface area contributed by atoms with E-state index in [1.165, 1.54) is 7.14 Å².